The van der Waals surface area contributed by atoms with Crippen LogP contribution >= 0.6 is 7.82 Å². The number of unbranched alkanes of at least 4 members (excludes halogenated alkanes) is 28. The van der Waals surface area contributed by atoms with E-state index >= 15 is 0 Å². The summed E-state index contributed by atoms with van der Waals surface area (Å²) in [6.07, 6.45) is 57.5. The summed E-state index contributed by atoms with van der Waals surface area (Å²) in [5, 5.41) is 13.7. The fourth-order valence-electron chi connectivity index (χ4n) is 7.10. The molecule has 346 valence electrons. The molecule has 1 amide bonds. The summed E-state index contributed by atoms with van der Waals surface area (Å²) in [6.45, 7) is 4.11. The summed E-state index contributed by atoms with van der Waals surface area (Å²) in [4.78, 5) is 22.8. The minimum Gasteiger partial charge on any atom is -0.387 e. The molecule has 0 aliphatic carbocycles. The molecular weight excluding hydrogens is 756 g/mol. The van der Waals surface area contributed by atoms with E-state index in [9.17, 15) is 19.4 Å². The molecule has 0 aromatic heterocycles. The molecule has 5 N–H and O–H groups in total. The van der Waals surface area contributed by atoms with Crippen LogP contribution in [-0.4, -0.2) is 47.8 Å². The maximum atomic E-state index is 12.8. The van der Waals surface area contributed by atoms with E-state index in [-0.39, 0.29) is 25.7 Å². The summed E-state index contributed by atoms with van der Waals surface area (Å²) >= 11 is 0. The first kappa shape index (κ1) is 57.5. The Morgan fingerprint density at radius 1 is 0.542 bits per heavy atom. The van der Waals surface area contributed by atoms with Crippen molar-refractivity contribution >= 4 is 13.7 Å². The van der Waals surface area contributed by atoms with Gasteiger partial charge in [0.2, 0.25) is 5.91 Å². The van der Waals surface area contributed by atoms with Crippen molar-refractivity contribution in [1.82, 2.24) is 5.32 Å². The Morgan fingerprint density at radius 3 is 1.31 bits per heavy atom. The molecule has 0 heterocycles. The number of aliphatic hydroxyl groups is 1. The van der Waals surface area contributed by atoms with Crippen LogP contribution in [0.3, 0.4) is 0 Å². The van der Waals surface area contributed by atoms with Gasteiger partial charge in [-0.1, -0.05) is 204 Å². The van der Waals surface area contributed by atoms with Gasteiger partial charge in [0, 0.05) is 13.0 Å². The highest BCUT2D eigenvalue weighted by Crippen LogP contribution is 2.43. The first-order chi connectivity index (χ1) is 28.9. The van der Waals surface area contributed by atoms with E-state index in [0.29, 0.717) is 6.42 Å². The summed E-state index contributed by atoms with van der Waals surface area (Å²) < 4.78 is 22.2. The fourth-order valence-corrected chi connectivity index (χ4v) is 7.86. The Hall–Kier alpha value is -1.54. The second-order valence-corrected chi connectivity index (χ2v) is 18.1. The van der Waals surface area contributed by atoms with Gasteiger partial charge in [0.25, 0.3) is 0 Å². The third-order valence-electron chi connectivity index (χ3n) is 10.9. The molecule has 0 fully saturated rings. The first-order valence-corrected chi connectivity index (χ1v) is 26.3. The largest absolute Gasteiger partial charge is 0.472 e. The number of phosphoric acid groups is 1. The Labute approximate surface area is 364 Å². The third kappa shape index (κ3) is 44.3. The van der Waals surface area contributed by atoms with Gasteiger partial charge in [-0.15, -0.1) is 0 Å². The lowest BCUT2D eigenvalue weighted by Crippen LogP contribution is -2.45. The number of rotatable bonds is 46. The molecule has 0 aromatic carbocycles. The Kier molecular flexibility index (Phi) is 44.8. The van der Waals surface area contributed by atoms with E-state index < -0.39 is 20.0 Å². The van der Waals surface area contributed by atoms with E-state index in [0.717, 1.165) is 44.9 Å². The molecule has 0 aliphatic rings. The second kappa shape index (κ2) is 46.0. The van der Waals surface area contributed by atoms with Crippen molar-refractivity contribution in [2.45, 2.75) is 244 Å². The molecule has 0 aliphatic heterocycles. The van der Waals surface area contributed by atoms with Gasteiger partial charge in [-0.3, -0.25) is 13.8 Å². The van der Waals surface area contributed by atoms with Crippen LogP contribution in [0.15, 0.2) is 48.6 Å². The standard InChI is InChI=1S/C50H95N2O6P/c1-3-5-7-9-11-13-15-17-19-21-22-23-24-25-26-28-30-32-34-36-38-40-42-44-50(54)52-48(47-58-59(55,56)57-46-45-51)49(53)43-41-39-37-35-33-31-29-27-20-18-16-14-12-10-8-6-4-2/h20-22,27,33,35,41,43,48-49,53H,3-19,23-26,28-32,34,36-40,42,44-47,51H2,1-2H3,(H,52,54)(H,55,56)/b22-21-,27-20+,35-33+,43-41+. The van der Waals surface area contributed by atoms with Crippen molar-refractivity contribution in [2.75, 3.05) is 19.8 Å². The maximum absolute atomic E-state index is 12.8. The summed E-state index contributed by atoms with van der Waals surface area (Å²) in [6, 6.07) is -0.884. The minimum atomic E-state index is -4.35. The fraction of sp³-hybridized carbons (Fsp3) is 0.820. The van der Waals surface area contributed by atoms with Gasteiger partial charge < -0.3 is 21.1 Å². The summed E-state index contributed by atoms with van der Waals surface area (Å²) in [5.41, 5.74) is 5.38. The number of amides is 1. The predicted octanol–water partition coefficient (Wildman–Crippen LogP) is 14.5. The molecule has 9 heteroatoms. The minimum absolute atomic E-state index is 0.0711. The van der Waals surface area contributed by atoms with Crippen molar-refractivity contribution < 1.29 is 28.4 Å². The smallest absolute Gasteiger partial charge is 0.387 e. The lowest BCUT2D eigenvalue weighted by atomic mass is 10.0. The van der Waals surface area contributed by atoms with E-state index in [2.05, 4.69) is 55.6 Å². The van der Waals surface area contributed by atoms with Crippen LogP contribution in [0.5, 0.6) is 0 Å². The van der Waals surface area contributed by atoms with Crippen LogP contribution < -0.4 is 11.1 Å². The van der Waals surface area contributed by atoms with Gasteiger partial charge in [-0.25, -0.2) is 4.57 Å². The van der Waals surface area contributed by atoms with Crippen molar-refractivity contribution in [3.8, 4) is 0 Å². The van der Waals surface area contributed by atoms with Crippen molar-refractivity contribution in [3.05, 3.63) is 48.6 Å². The Morgan fingerprint density at radius 2 is 0.898 bits per heavy atom. The van der Waals surface area contributed by atoms with Crippen LogP contribution in [0.1, 0.15) is 232 Å². The lowest BCUT2D eigenvalue weighted by Gasteiger charge is -2.23. The maximum Gasteiger partial charge on any atom is 0.472 e. The number of hydrogen-bond acceptors (Lipinski definition) is 6. The number of nitrogens with two attached hydrogens (primary N) is 1. The van der Waals surface area contributed by atoms with E-state index in [1.807, 2.05) is 6.08 Å². The lowest BCUT2D eigenvalue weighted by molar-refractivity contribution is -0.123. The van der Waals surface area contributed by atoms with Crippen LogP contribution in [0, 0.1) is 0 Å². The van der Waals surface area contributed by atoms with E-state index in [4.69, 9.17) is 14.8 Å². The molecule has 0 saturated carbocycles. The molecule has 0 radical (unpaired) electrons. The highest BCUT2D eigenvalue weighted by Gasteiger charge is 2.26. The molecule has 8 nitrogen and oxygen atoms in total. The van der Waals surface area contributed by atoms with Crippen LogP contribution in [0.4, 0.5) is 0 Å². The molecule has 0 rings (SSSR count). The molecule has 0 aromatic rings. The molecular formula is C50H95N2O6P. The van der Waals surface area contributed by atoms with Crippen molar-refractivity contribution in [1.29, 1.82) is 0 Å². The van der Waals surface area contributed by atoms with Crippen LogP contribution in [-0.2, 0) is 18.4 Å². The van der Waals surface area contributed by atoms with Gasteiger partial charge in [-0.2, -0.15) is 0 Å². The van der Waals surface area contributed by atoms with Gasteiger partial charge in [0.1, 0.15) is 0 Å². The monoisotopic (exact) mass is 851 g/mol. The first-order valence-electron chi connectivity index (χ1n) is 24.8. The quantitative estimate of drug-likeness (QED) is 0.0272. The number of carbonyl (C=O) groups is 1. The zero-order chi connectivity index (χ0) is 43.2. The zero-order valence-corrected chi connectivity index (χ0v) is 39.4. The van der Waals surface area contributed by atoms with E-state index in [1.54, 1.807) is 6.08 Å². The van der Waals surface area contributed by atoms with Crippen LogP contribution in [0.2, 0.25) is 0 Å². The molecule has 3 atom stereocenters. The number of nitrogens with one attached hydrogen (secondary N) is 1. The highest BCUT2D eigenvalue weighted by molar-refractivity contribution is 7.47. The van der Waals surface area contributed by atoms with Gasteiger partial charge >= 0.3 is 7.82 Å². The third-order valence-corrected chi connectivity index (χ3v) is 11.8. The van der Waals surface area contributed by atoms with Crippen LogP contribution in [0.25, 0.3) is 0 Å². The summed E-state index contributed by atoms with van der Waals surface area (Å²) in [5.74, 6) is -0.208. The topological polar surface area (TPSA) is 131 Å². The number of phosphoric ester groups is 1. The van der Waals surface area contributed by atoms with Gasteiger partial charge in [-0.05, 0) is 70.6 Å². The number of carbonyl (C=O) groups excluding carboxylic acids is 1. The van der Waals surface area contributed by atoms with Crippen molar-refractivity contribution in [2.24, 2.45) is 5.73 Å². The SMILES string of the molecule is CCCCCCCCC/C=C/CC/C=C/CC/C=C/C(O)C(COP(=O)(O)OCCN)NC(=O)CCCCCCCCCCCCC/C=C\CCCCCCCCCC. The normalized spacial score (nSPS) is 14.3. The molecule has 0 spiro atoms. The molecule has 59 heavy (non-hydrogen) atoms. The number of allylic oxidation sites excluding steroid dienone is 7. The van der Waals surface area contributed by atoms with E-state index in [1.165, 1.54) is 167 Å². The average molecular weight is 851 g/mol. The molecule has 0 saturated heterocycles. The van der Waals surface area contributed by atoms with Gasteiger partial charge in [0.05, 0.1) is 25.4 Å². The number of hydrogen-bond donors (Lipinski definition) is 4. The number of aliphatic hydroxyl groups excluding tert-OH is 1. The van der Waals surface area contributed by atoms with Gasteiger partial charge in [0.15, 0.2) is 0 Å². The summed E-state index contributed by atoms with van der Waals surface area (Å²) in [7, 11) is -4.35. The molecule has 3 unspecified atom stereocenters. The predicted molar refractivity (Wildman–Crippen MR) is 254 cm³/mol. The Balaban J connectivity index is 4.15. The Bertz CT molecular complexity index is 1060. The highest BCUT2D eigenvalue weighted by atomic mass is 31.2. The second-order valence-electron chi connectivity index (χ2n) is 16.6. The average Bonchev–Trinajstić information content (AvgIpc) is 3.22. The van der Waals surface area contributed by atoms with Crippen molar-refractivity contribution in [3.63, 3.8) is 0 Å². The molecule has 0 bridgehead atoms. The zero-order valence-electron chi connectivity index (χ0n) is 38.5.